The van der Waals surface area contributed by atoms with Crippen molar-refractivity contribution >= 4 is 0 Å². The molecule has 1 unspecified atom stereocenters. The molecule has 4 saturated carbocycles. The summed E-state index contributed by atoms with van der Waals surface area (Å²) in [7, 11) is 0. The van der Waals surface area contributed by atoms with Crippen molar-refractivity contribution in [3.63, 3.8) is 0 Å². The summed E-state index contributed by atoms with van der Waals surface area (Å²) in [6, 6.07) is 8.79. The number of aromatic nitrogens is 1. The van der Waals surface area contributed by atoms with E-state index < -0.39 is 0 Å². The van der Waals surface area contributed by atoms with E-state index in [1.807, 2.05) is 13.0 Å². The molecule has 20 heavy (non-hydrogen) atoms. The van der Waals surface area contributed by atoms with Gasteiger partial charge in [-0.15, -0.1) is 0 Å². The lowest BCUT2D eigenvalue weighted by Crippen LogP contribution is -2.48. The minimum Gasteiger partial charge on any atom is -0.257 e. The average Bonchev–Trinajstić information content (AvgIpc) is 2.37. The second-order valence-corrected chi connectivity index (χ2v) is 7.55. The first-order chi connectivity index (χ1) is 9.68. The number of hydrogen-bond acceptors (Lipinski definition) is 2. The van der Waals surface area contributed by atoms with Crippen molar-refractivity contribution in [2.75, 3.05) is 0 Å². The van der Waals surface area contributed by atoms with E-state index in [9.17, 15) is 5.26 Å². The van der Waals surface area contributed by atoms with Crippen molar-refractivity contribution in [3.8, 4) is 6.07 Å². The first-order valence-electron chi connectivity index (χ1n) is 8.02. The molecule has 1 heterocycles. The molecule has 1 aromatic rings. The normalized spacial score (nSPS) is 39.5. The van der Waals surface area contributed by atoms with Gasteiger partial charge in [-0.1, -0.05) is 6.07 Å². The number of aryl methyl sites for hydroxylation is 1. The fourth-order valence-electron chi connectivity index (χ4n) is 5.77. The molecule has 0 N–H and O–H groups in total. The van der Waals surface area contributed by atoms with E-state index in [1.165, 1.54) is 38.5 Å². The van der Waals surface area contributed by atoms with Crippen LogP contribution in [0, 0.1) is 41.4 Å². The summed E-state index contributed by atoms with van der Waals surface area (Å²) in [5, 5.41) is 9.84. The maximum Gasteiger partial charge on any atom is 0.0941 e. The van der Waals surface area contributed by atoms with Crippen LogP contribution in [0.4, 0.5) is 0 Å². The van der Waals surface area contributed by atoms with Gasteiger partial charge in [-0.2, -0.15) is 5.26 Å². The quantitative estimate of drug-likeness (QED) is 0.803. The van der Waals surface area contributed by atoms with Crippen molar-refractivity contribution in [1.82, 2.24) is 4.98 Å². The fourth-order valence-corrected chi connectivity index (χ4v) is 5.77. The van der Waals surface area contributed by atoms with Gasteiger partial charge in [0.2, 0.25) is 0 Å². The number of nitrogens with zero attached hydrogens (tertiary/aromatic N) is 2. The van der Waals surface area contributed by atoms with Gasteiger partial charge in [0.25, 0.3) is 0 Å². The largest absolute Gasteiger partial charge is 0.257 e. The lowest BCUT2D eigenvalue weighted by molar-refractivity contribution is -0.0600. The zero-order valence-corrected chi connectivity index (χ0v) is 12.2. The summed E-state index contributed by atoms with van der Waals surface area (Å²) in [6.07, 6.45) is 8.10. The number of hydrogen-bond donors (Lipinski definition) is 0. The molecule has 0 radical (unpaired) electrons. The van der Waals surface area contributed by atoms with Crippen molar-refractivity contribution in [2.45, 2.75) is 51.4 Å². The highest BCUT2D eigenvalue weighted by atomic mass is 14.7. The van der Waals surface area contributed by atoms with Crippen molar-refractivity contribution < 1.29 is 0 Å². The summed E-state index contributed by atoms with van der Waals surface area (Å²) in [6.45, 7) is 2.03. The molecule has 0 aliphatic heterocycles. The minimum absolute atomic E-state index is 0.01000. The van der Waals surface area contributed by atoms with Crippen LogP contribution in [-0.4, -0.2) is 4.98 Å². The molecule has 4 fully saturated rings. The summed E-state index contributed by atoms with van der Waals surface area (Å²) in [5.41, 5.74) is 2.30. The Labute approximate surface area is 121 Å². The molecular formula is C18H22N2. The molecular weight excluding hydrogens is 244 g/mol. The minimum atomic E-state index is 0.01000. The molecule has 0 amide bonds. The lowest BCUT2D eigenvalue weighted by Gasteiger charge is -2.58. The van der Waals surface area contributed by atoms with E-state index >= 15 is 0 Å². The van der Waals surface area contributed by atoms with Crippen molar-refractivity contribution in [1.29, 1.82) is 5.26 Å². The van der Waals surface area contributed by atoms with Gasteiger partial charge in [-0.3, -0.25) is 4.98 Å². The molecule has 4 aliphatic rings. The molecule has 1 atom stereocenters. The summed E-state index contributed by atoms with van der Waals surface area (Å²) >= 11 is 0. The summed E-state index contributed by atoms with van der Waals surface area (Å²) in [4.78, 5) is 4.68. The Morgan fingerprint density at radius 2 is 1.75 bits per heavy atom. The second-order valence-electron chi connectivity index (χ2n) is 7.55. The molecule has 0 spiro atoms. The van der Waals surface area contributed by atoms with Crippen LogP contribution in [-0.2, 0) is 0 Å². The number of pyridine rings is 1. The maximum atomic E-state index is 9.84. The van der Waals surface area contributed by atoms with E-state index in [0.29, 0.717) is 0 Å². The van der Waals surface area contributed by atoms with Crippen LogP contribution in [0.2, 0.25) is 0 Å². The Balaban J connectivity index is 1.73. The summed E-state index contributed by atoms with van der Waals surface area (Å²) < 4.78 is 0. The lowest BCUT2D eigenvalue weighted by atomic mass is 9.46. The number of nitriles is 1. The zero-order chi connectivity index (χ0) is 13.7. The van der Waals surface area contributed by atoms with Gasteiger partial charge in [0.15, 0.2) is 0 Å². The zero-order valence-electron chi connectivity index (χ0n) is 12.2. The average molecular weight is 266 g/mol. The van der Waals surface area contributed by atoms with Gasteiger partial charge in [0.05, 0.1) is 17.7 Å². The monoisotopic (exact) mass is 266 g/mol. The van der Waals surface area contributed by atoms with E-state index in [0.717, 1.165) is 29.1 Å². The molecule has 104 valence electrons. The topological polar surface area (TPSA) is 36.7 Å². The van der Waals surface area contributed by atoms with Crippen LogP contribution in [0.15, 0.2) is 18.2 Å². The van der Waals surface area contributed by atoms with Gasteiger partial charge >= 0.3 is 0 Å². The van der Waals surface area contributed by atoms with Crippen LogP contribution in [0.5, 0.6) is 0 Å². The highest BCUT2D eigenvalue weighted by Gasteiger charge is 2.55. The molecule has 0 saturated heterocycles. The Hall–Kier alpha value is -1.36. The van der Waals surface area contributed by atoms with Crippen LogP contribution in [0.3, 0.4) is 0 Å². The van der Waals surface area contributed by atoms with Gasteiger partial charge in [0.1, 0.15) is 0 Å². The third-order valence-corrected chi connectivity index (χ3v) is 6.03. The van der Waals surface area contributed by atoms with Crippen molar-refractivity contribution in [2.24, 2.45) is 23.2 Å². The Kier molecular flexibility index (Phi) is 2.67. The van der Waals surface area contributed by atoms with Crippen LogP contribution in [0.1, 0.15) is 55.8 Å². The molecule has 2 heteroatoms. The Morgan fingerprint density at radius 3 is 2.25 bits per heavy atom. The first-order valence-corrected chi connectivity index (χ1v) is 8.02. The van der Waals surface area contributed by atoms with E-state index in [4.69, 9.17) is 0 Å². The smallest absolute Gasteiger partial charge is 0.0941 e. The van der Waals surface area contributed by atoms with E-state index in [-0.39, 0.29) is 11.3 Å². The predicted molar refractivity (Wildman–Crippen MR) is 77.9 cm³/mol. The number of rotatable bonds is 2. The van der Waals surface area contributed by atoms with Gasteiger partial charge in [-0.25, -0.2) is 0 Å². The molecule has 4 bridgehead atoms. The first kappa shape index (κ1) is 12.4. The molecule has 4 aliphatic carbocycles. The molecule has 5 rings (SSSR count). The second kappa shape index (κ2) is 4.32. The maximum absolute atomic E-state index is 9.84. The van der Waals surface area contributed by atoms with Crippen LogP contribution >= 0.6 is 0 Å². The predicted octanol–water partition coefficient (Wildman–Crippen LogP) is 4.21. The third kappa shape index (κ3) is 1.79. The molecule has 1 aromatic heterocycles. The Bertz CT molecular complexity index is 534. The van der Waals surface area contributed by atoms with Gasteiger partial charge < -0.3 is 0 Å². The highest BCUT2D eigenvalue weighted by molar-refractivity contribution is 5.25. The van der Waals surface area contributed by atoms with Crippen LogP contribution in [0.25, 0.3) is 0 Å². The van der Waals surface area contributed by atoms with Gasteiger partial charge in [0, 0.05) is 5.69 Å². The van der Waals surface area contributed by atoms with E-state index in [1.54, 1.807) is 0 Å². The highest BCUT2D eigenvalue weighted by Crippen LogP contribution is 2.64. The van der Waals surface area contributed by atoms with E-state index in [2.05, 4.69) is 23.2 Å². The molecule has 0 aromatic carbocycles. The standard InChI is InChI=1S/C18H22N2/c1-12-3-2-4-17(20-12)16(11-19)18-8-13-5-14(9-18)7-15(6-13)10-18/h2-4,13-16H,5-10H2,1H3. The summed E-state index contributed by atoms with van der Waals surface area (Å²) in [5.74, 6) is 2.68. The van der Waals surface area contributed by atoms with Crippen LogP contribution < -0.4 is 0 Å². The SMILES string of the molecule is Cc1cccc(C(C#N)C23CC4CC(CC(C4)C2)C3)n1. The molecule has 2 nitrogen and oxygen atoms in total. The fraction of sp³-hybridized carbons (Fsp3) is 0.667. The third-order valence-electron chi connectivity index (χ3n) is 6.03. The van der Waals surface area contributed by atoms with Crippen molar-refractivity contribution in [3.05, 3.63) is 29.6 Å². The van der Waals surface area contributed by atoms with Gasteiger partial charge in [-0.05, 0) is 80.8 Å². The Morgan fingerprint density at radius 1 is 1.15 bits per heavy atom.